The number of hydrogen-bond donors (Lipinski definition) is 0. The number of aryl methyl sites for hydroxylation is 1. The number of morpholine rings is 1. The van der Waals surface area contributed by atoms with Crippen LogP contribution in [0.4, 0.5) is 10.2 Å². The number of anilines is 1. The zero-order chi connectivity index (χ0) is 19.8. The second kappa shape index (κ2) is 7.25. The number of nitrogens with zero attached hydrogens (tertiary/aromatic N) is 5. The number of rotatable bonds is 3. The molecule has 0 spiro atoms. The molecule has 1 aliphatic rings. The standard InChI is InChI=1S/C22H20FN5O/c1-15-6-2-3-7-16(15)19-14-27(12-13-29-19)21-11-10-20-24-25-22(28(20)26-21)17-8-4-5-9-18(17)23/h2-11,19H,12-14H2,1H3. The van der Waals surface area contributed by atoms with Crippen molar-refractivity contribution in [2.75, 3.05) is 24.6 Å². The minimum atomic E-state index is -0.347. The third-order valence-electron chi connectivity index (χ3n) is 5.29. The first kappa shape index (κ1) is 17.8. The Kier molecular flexibility index (Phi) is 4.44. The average Bonchev–Trinajstić information content (AvgIpc) is 3.17. The minimum Gasteiger partial charge on any atom is -0.370 e. The molecule has 0 aliphatic carbocycles. The van der Waals surface area contributed by atoms with Crippen molar-refractivity contribution in [3.63, 3.8) is 0 Å². The maximum Gasteiger partial charge on any atom is 0.188 e. The molecule has 1 fully saturated rings. The largest absolute Gasteiger partial charge is 0.370 e. The molecule has 0 saturated carbocycles. The van der Waals surface area contributed by atoms with Gasteiger partial charge in [-0.1, -0.05) is 36.4 Å². The van der Waals surface area contributed by atoms with E-state index in [1.807, 2.05) is 24.3 Å². The summed E-state index contributed by atoms with van der Waals surface area (Å²) in [6.07, 6.45) is -0.0191. The fourth-order valence-corrected chi connectivity index (χ4v) is 3.75. The van der Waals surface area contributed by atoms with Crippen LogP contribution in [0.3, 0.4) is 0 Å². The van der Waals surface area contributed by atoms with Crippen LogP contribution < -0.4 is 4.90 Å². The fraction of sp³-hybridized carbons (Fsp3) is 0.227. The van der Waals surface area contributed by atoms with E-state index in [9.17, 15) is 4.39 Å². The molecule has 0 bridgehead atoms. The van der Waals surface area contributed by atoms with E-state index >= 15 is 0 Å². The average molecular weight is 389 g/mol. The second-order valence-corrected chi connectivity index (χ2v) is 7.13. The molecule has 0 N–H and O–H groups in total. The topological polar surface area (TPSA) is 55.6 Å². The van der Waals surface area contributed by atoms with Gasteiger partial charge < -0.3 is 9.64 Å². The van der Waals surface area contributed by atoms with E-state index in [2.05, 4.69) is 34.2 Å². The zero-order valence-corrected chi connectivity index (χ0v) is 16.0. The quantitative estimate of drug-likeness (QED) is 0.533. The molecule has 1 aliphatic heterocycles. The Morgan fingerprint density at radius 3 is 2.69 bits per heavy atom. The van der Waals surface area contributed by atoms with E-state index in [1.54, 1.807) is 22.7 Å². The highest BCUT2D eigenvalue weighted by Crippen LogP contribution is 2.28. The smallest absolute Gasteiger partial charge is 0.188 e. The predicted octanol–water partition coefficient (Wildman–Crippen LogP) is 3.82. The van der Waals surface area contributed by atoms with E-state index in [0.717, 1.165) is 12.4 Å². The predicted molar refractivity (Wildman–Crippen MR) is 108 cm³/mol. The first-order chi connectivity index (χ1) is 14.2. The summed E-state index contributed by atoms with van der Waals surface area (Å²) < 4.78 is 21.9. The summed E-state index contributed by atoms with van der Waals surface area (Å²) in [4.78, 5) is 2.19. The van der Waals surface area contributed by atoms with Crippen molar-refractivity contribution in [2.24, 2.45) is 0 Å². The van der Waals surface area contributed by atoms with E-state index in [-0.39, 0.29) is 11.9 Å². The molecular formula is C22H20FN5O. The van der Waals surface area contributed by atoms with Crippen LogP contribution >= 0.6 is 0 Å². The molecule has 0 radical (unpaired) electrons. The van der Waals surface area contributed by atoms with Crippen LogP contribution in [-0.2, 0) is 4.74 Å². The summed E-state index contributed by atoms with van der Waals surface area (Å²) in [5.74, 6) is 0.834. The SMILES string of the molecule is Cc1ccccc1C1CN(c2ccc3nnc(-c4ccccc4F)n3n2)CCO1. The molecule has 146 valence electrons. The Balaban J connectivity index is 1.50. The lowest BCUT2D eigenvalue weighted by Gasteiger charge is -2.34. The highest BCUT2D eigenvalue weighted by molar-refractivity contribution is 5.60. The Morgan fingerprint density at radius 1 is 1.00 bits per heavy atom. The number of ether oxygens (including phenoxy) is 1. The number of hydrogen-bond acceptors (Lipinski definition) is 5. The van der Waals surface area contributed by atoms with Gasteiger partial charge in [0.25, 0.3) is 0 Å². The third-order valence-corrected chi connectivity index (χ3v) is 5.29. The van der Waals surface area contributed by atoms with Crippen molar-refractivity contribution in [3.8, 4) is 11.4 Å². The van der Waals surface area contributed by atoms with Crippen LogP contribution in [0.2, 0.25) is 0 Å². The van der Waals surface area contributed by atoms with Gasteiger partial charge in [-0.2, -0.15) is 4.52 Å². The van der Waals surface area contributed by atoms with Crippen LogP contribution in [-0.4, -0.2) is 39.5 Å². The Labute approximate surface area is 167 Å². The van der Waals surface area contributed by atoms with Crippen LogP contribution in [0.25, 0.3) is 17.0 Å². The third kappa shape index (κ3) is 3.23. The second-order valence-electron chi connectivity index (χ2n) is 7.13. The molecule has 1 unspecified atom stereocenters. The summed E-state index contributed by atoms with van der Waals surface area (Å²) in [6.45, 7) is 4.14. The molecule has 1 atom stereocenters. The molecule has 5 rings (SSSR count). The number of fused-ring (bicyclic) bond motifs is 1. The van der Waals surface area contributed by atoms with E-state index in [4.69, 9.17) is 9.84 Å². The van der Waals surface area contributed by atoms with Crippen molar-refractivity contribution in [3.05, 3.63) is 77.6 Å². The van der Waals surface area contributed by atoms with Gasteiger partial charge in [-0.3, -0.25) is 0 Å². The van der Waals surface area contributed by atoms with E-state index < -0.39 is 0 Å². The van der Waals surface area contributed by atoms with Crippen LogP contribution in [0, 0.1) is 12.7 Å². The van der Waals surface area contributed by atoms with Crippen LogP contribution in [0.15, 0.2) is 60.7 Å². The number of benzene rings is 2. The highest BCUT2D eigenvalue weighted by Gasteiger charge is 2.25. The normalized spacial score (nSPS) is 17.0. The Morgan fingerprint density at radius 2 is 1.83 bits per heavy atom. The van der Waals surface area contributed by atoms with Gasteiger partial charge in [-0.15, -0.1) is 15.3 Å². The summed E-state index contributed by atoms with van der Waals surface area (Å²) in [5, 5.41) is 13.0. The van der Waals surface area contributed by atoms with Gasteiger partial charge in [-0.25, -0.2) is 4.39 Å². The molecule has 2 aromatic carbocycles. The summed E-state index contributed by atoms with van der Waals surface area (Å²) in [7, 11) is 0. The number of aromatic nitrogens is 4. The summed E-state index contributed by atoms with van der Waals surface area (Å²) in [6, 6.07) is 18.6. The van der Waals surface area contributed by atoms with Crippen molar-refractivity contribution < 1.29 is 9.13 Å². The lowest BCUT2D eigenvalue weighted by molar-refractivity contribution is 0.0391. The lowest BCUT2D eigenvalue weighted by Crippen LogP contribution is -2.39. The van der Waals surface area contributed by atoms with Gasteiger partial charge >= 0.3 is 0 Å². The maximum absolute atomic E-state index is 14.3. The van der Waals surface area contributed by atoms with Crippen LogP contribution in [0.5, 0.6) is 0 Å². The van der Waals surface area contributed by atoms with E-state index in [1.165, 1.54) is 17.2 Å². The van der Waals surface area contributed by atoms with Crippen molar-refractivity contribution in [2.45, 2.75) is 13.0 Å². The summed E-state index contributed by atoms with van der Waals surface area (Å²) >= 11 is 0. The van der Waals surface area contributed by atoms with Gasteiger partial charge in [0.2, 0.25) is 0 Å². The first-order valence-electron chi connectivity index (χ1n) is 9.60. The molecule has 3 heterocycles. The highest BCUT2D eigenvalue weighted by atomic mass is 19.1. The van der Waals surface area contributed by atoms with Crippen LogP contribution in [0.1, 0.15) is 17.2 Å². The van der Waals surface area contributed by atoms with Crippen molar-refractivity contribution in [1.82, 2.24) is 19.8 Å². The monoisotopic (exact) mass is 389 g/mol. The Hall–Kier alpha value is -3.32. The van der Waals surface area contributed by atoms with Gasteiger partial charge in [-0.05, 0) is 42.3 Å². The first-order valence-corrected chi connectivity index (χ1v) is 9.60. The molecular weight excluding hydrogens is 369 g/mol. The number of halogens is 1. The van der Waals surface area contributed by atoms with Crippen molar-refractivity contribution >= 4 is 11.5 Å². The maximum atomic E-state index is 14.3. The summed E-state index contributed by atoms with van der Waals surface area (Å²) in [5.41, 5.74) is 3.36. The lowest BCUT2D eigenvalue weighted by atomic mass is 10.0. The molecule has 7 heteroatoms. The minimum absolute atomic E-state index is 0.0191. The molecule has 1 saturated heterocycles. The van der Waals surface area contributed by atoms with Gasteiger partial charge in [0, 0.05) is 13.1 Å². The van der Waals surface area contributed by atoms with E-state index in [0.29, 0.717) is 30.2 Å². The molecule has 29 heavy (non-hydrogen) atoms. The Bertz CT molecular complexity index is 1170. The molecule has 2 aromatic heterocycles. The van der Waals surface area contributed by atoms with Gasteiger partial charge in [0.1, 0.15) is 17.7 Å². The van der Waals surface area contributed by atoms with Gasteiger partial charge in [0.05, 0.1) is 12.2 Å². The fourth-order valence-electron chi connectivity index (χ4n) is 3.75. The zero-order valence-electron chi connectivity index (χ0n) is 16.0. The molecule has 0 amide bonds. The van der Waals surface area contributed by atoms with Crippen molar-refractivity contribution in [1.29, 1.82) is 0 Å². The van der Waals surface area contributed by atoms with Gasteiger partial charge in [0.15, 0.2) is 11.5 Å². The molecule has 4 aromatic rings. The molecule has 6 nitrogen and oxygen atoms in total.